The number of benzene rings is 3. The summed E-state index contributed by atoms with van der Waals surface area (Å²) in [5, 5.41) is 10.7. The van der Waals surface area contributed by atoms with Crippen molar-refractivity contribution >= 4 is 17.4 Å². The van der Waals surface area contributed by atoms with Gasteiger partial charge < -0.3 is 14.2 Å². The van der Waals surface area contributed by atoms with Crippen LogP contribution in [0.5, 0.6) is 17.2 Å². The van der Waals surface area contributed by atoms with E-state index in [2.05, 4.69) is 0 Å². The Labute approximate surface area is 171 Å². The van der Waals surface area contributed by atoms with E-state index in [0.29, 0.717) is 22.8 Å². The van der Waals surface area contributed by atoms with E-state index in [1.807, 2.05) is 0 Å². The molecule has 3 aromatic rings. The first-order chi connectivity index (χ1) is 14.5. The Bertz CT molecular complexity index is 1040. The molecule has 0 heterocycles. The number of carbonyl (C=O) groups is 2. The number of nitro benzene ring substituents is 1. The minimum absolute atomic E-state index is 0.0374. The largest absolute Gasteiger partial charge is 0.497 e. The van der Waals surface area contributed by atoms with Crippen molar-refractivity contribution < 1.29 is 28.7 Å². The summed E-state index contributed by atoms with van der Waals surface area (Å²) in [7, 11) is 1.53. The number of nitro groups is 1. The normalized spacial score (nSPS) is 10.2. The first kappa shape index (κ1) is 20.5. The van der Waals surface area contributed by atoms with E-state index in [4.69, 9.17) is 14.2 Å². The maximum Gasteiger partial charge on any atom is 0.338 e. The molecule has 152 valence electrons. The molecule has 8 nitrogen and oxygen atoms in total. The Balaban J connectivity index is 1.55. The molecule has 0 aliphatic carbocycles. The van der Waals surface area contributed by atoms with Gasteiger partial charge in [-0.05, 0) is 60.7 Å². The van der Waals surface area contributed by atoms with E-state index in [1.165, 1.54) is 43.5 Å². The number of Topliss-reactive ketones (excluding diaryl/α,β-unsaturated/α-hetero) is 1. The Kier molecular flexibility index (Phi) is 6.39. The van der Waals surface area contributed by atoms with Crippen LogP contribution in [0.25, 0.3) is 0 Å². The van der Waals surface area contributed by atoms with Crippen LogP contribution in [0.2, 0.25) is 0 Å². The summed E-state index contributed by atoms with van der Waals surface area (Å²) >= 11 is 0. The molecule has 0 N–H and O–H groups in total. The molecule has 0 saturated carbocycles. The molecular formula is C22H17NO7. The average Bonchev–Trinajstić information content (AvgIpc) is 2.78. The number of methoxy groups -OCH3 is 1. The van der Waals surface area contributed by atoms with Crippen molar-refractivity contribution in [2.24, 2.45) is 0 Å². The smallest absolute Gasteiger partial charge is 0.338 e. The summed E-state index contributed by atoms with van der Waals surface area (Å²) in [6.45, 7) is -0.383. The van der Waals surface area contributed by atoms with Gasteiger partial charge in [-0.25, -0.2) is 4.79 Å². The maximum absolute atomic E-state index is 12.2. The molecule has 0 radical (unpaired) electrons. The molecule has 0 bridgehead atoms. The highest BCUT2D eigenvalue weighted by Gasteiger charge is 2.12. The van der Waals surface area contributed by atoms with Crippen molar-refractivity contribution in [1.29, 1.82) is 0 Å². The van der Waals surface area contributed by atoms with Gasteiger partial charge in [0.05, 0.1) is 17.6 Å². The van der Waals surface area contributed by atoms with Gasteiger partial charge in [-0.15, -0.1) is 0 Å². The summed E-state index contributed by atoms with van der Waals surface area (Å²) in [6, 6.07) is 18.2. The topological polar surface area (TPSA) is 105 Å². The highest BCUT2D eigenvalue weighted by molar-refractivity contribution is 5.99. The minimum Gasteiger partial charge on any atom is -0.497 e. The molecule has 3 rings (SSSR count). The Morgan fingerprint density at radius 2 is 1.30 bits per heavy atom. The highest BCUT2D eigenvalue weighted by atomic mass is 16.6. The second kappa shape index (κ2) is 9.33. The van der Waals surface area contributed by atoms with E-state index < -0.39 is 10.9 Å². The number of ether oxygens (including phenoxy) is 3. The van der Waals surface area contributed by atoms with E-state index in [1.54, 1.807) is 36.4 Å². The van der Waals surface area contributed by atoms with Crippen molar-refractivity contribution in [2.45, 2.75) is 0 Å². The fourth-order valence-electron chi connectivity index (χ4n) is 2.51. The van der Waals surface area contributed by atoms with Crippen LogP contribution in [0.4, 0.5) is 5.69 Å². The molecule has 0 aliphatic rings. The fourth-order valence-corrected chi connectivity index (χ4v) is 2.51. The van der Waals surface area contributed by atoms with Gasteiger partial charge in [0.25, 0.3) is 5.69 Å². The molecule has 0 aromatic heterocycles. The lowest BCUT2D eigenvalue weighted by molar-refractivity contribution is -0.384. The number of hydrogen-bond donors (Lipinski definition) is 0. The van der Waals surface area contributed by atoms with Crippen molar-refractivity contribution in [3.05, 3.63) is 94.0 Å². The van der Waals surface area contributed by atoms with E-state index in [-0.39, 0.29) is 23.6 Å². The number of ketones is 1. The summed E-state index contributed by atoms with van der Waals surface area (Å²) < 4.78 is 15.7. The molecule has 3 aromatic carbocycles. The Morgan fingerprint density at radius 3 is 1.83 bits per heavy atom. The van der Waals surface area contributed by atoms with Gasteiger partial charge >= 0.3 is 5.97 Å². The zero-order valence-electron chi connectivity index (χ0n) is 15.9. The Morgan fingerprint density at radius 1 is 0.800 bits per heavy atom. The number of rotatable bonds is 8. The minimum atomic E-state index is -0.640. The van der Waals surface area contributed by atoms with Crippen LogP contribution in [-0.4, -0.2) is 30.4 Å². The van der Waals surface area contributed by atoms with Crippen molar-refractivity contribution in [2.75, 3.05) is 13.7 Å². The summed E-state index contributed by atoms with van der Waals surface area (Å²) in [6.07, 6.45) is 0. The third-order valence-corrected chi connectivity index (χ3v) is 4.12. The van der Waals surface area contributed by atoms with Gasteiger partial charge in [0.1, 0.15) is 17.2 Å². The lowest BCUT2D eigenvalue weighted by Crippen LogP contribution is -2.14. The van der Waals surface area contributed by atoms with Crippen molar-refractivity contribution in [3.8, 4) is 17.2 Å². The van der Waals surface area contributed by atoms with E-state index in [9.17, 15) is 19.7 Å². The summed E-state index contributed by atoms with van der Waals surface area (Å²) in [5.74, 6) is 0.512. The van der Waals surface area contributed by atoms with Crippen LogP contribution >= 0.6 is 0 Å². The van der Waals surface area contributed by atoms with Crippen molar-refractivity contribution in [1.82, 2.24) is 0 Å². The van der Waals surface area contributed by atoms with Crippen molar-refractivity contribution in [3.63, 3.8) is 0 Å². The standard InChI is InChI=1S/C22H17NO7/c1-28-18-8-2-15(3-9-18)21(24)14-29-22(25)16-4-10-19(11-5-16)30-20-12-6-17(7-13-20)23(26)27/h2-13H,14H2,1H3. The highest BCUT2D eigenvalue weighted by Crippen LogP contribution is 2.24. The van der Waals surface area contributed by atoms with E-state index in [0.717, 1.165) is 0 Å². The van der Waals surface area contributed by atoms with Gasteiger partial charge in [-0.1, -0.05) is 0 Å². The molecular weight excluding hydrogens is 390 g/mol. The molecule has 0 fully saturated rings. The number of hydrogen-bond acceptors (Lipinski definition) is 7. The van der Waals surface area contributed by atoms with Crippen LogP contribution in [-0.2, 0) is 4.74 Å². The molecule has 0 unspecified atom stereocenters. The van der Waals surface area contributed by atoms with Gasteiger partial charge in [0, 0.05) is 17.7 Å². The van der Waals surface area contributed by atoms with Gasteiger partial charge in [-0.3, -0.25) is 14.9 Å². The predicted molar refractivity (Wildman–Crippen MR) is 107 cm³/mol. The quantitative estimate of drug-likeness (QED) is 0.235. The van der Waals surface area contributed by atoms with Crippen LogP contribution in [0.15, 0.2) is 72.8 Å². The third kappa shape index (κ3) is 5.20. The first-order valence-corrected chi connectivity index (χ1v) is 8.83. The van der Waals surface area contributed by atoms with Crippen LogP contribution in [0.1, 0.15) is 20.7 Å². The number of nitrogens with zero attached hydrogens (tertiary/aromatic N) is 1. The number of esters is 1. The molecule has 30 heavy (non-hydrogen) atoms. The fraction of sp³-hybridized carbons (Fsp3) is 0.0909. The van der Waals surface area contributed by atoms with Gasteiger partial charge in [0.2, 0.25) is 0 Å². The second-order valence-corrected chi connectivity index (χ2v) is 6.11. The molecule has 0 saturated heterocycles. The predicted octanol–water partition coefficient (Wildman–Crippen LogP) is 4.44. The zero-order valence-corrected chi connectivity index (χ0v) is 15.9. The number of non-ortho nitro benzene ring substituents is 1. The zero-order chi connectivity index (χ0) is 21.5. The molecule has 0 atom stereocenters. The summed E-state index contributed by atoms with van der Waals surface area (Å²) in [4.78, 5) is 34.4. The Hall–Kier alpha value is -4.20. The van der Waals surface area contributed by atoms with Gasteiger partial charge in [0.15, 0.2) is 12.4 Å². The molecule has 0 amide bonds. The van der Waals surface area contributed by atoms with E-state index >= 15 is 0 Å². The van der Waals surface area contributed by atoms with Crippen LogP contribution < -0.4 is 9.47 Å². The molecule has 0 aliphatic heterocycles. The van der Waals surface area contributed by atoms with Crippen LogP contribution in [0.3, 0.4) is 0 Å². The summed E-state index contributed by atoms with van der Waals surface area (Å²) in [5.41, 5.74) is 0.633. The average molecular weight is 407 g/mol. The monoisotopic (exact) mass is 407 g/mol. The SMILES string of the molecule is COc1ccc(C(=O)COC(=O)c2ccc(Oc3ccc([N+](=O)[O-])cc3)cc2)cc1. The van der Waals surface area contributed by atoms with Gasteiger partial charge in [-0.2, -0.15) is 0 Å². The lowest BCUT2D eigenvalue weighted by atomic mass is 10.1. The third-order valence-electron chi connectivity index (χ3n) is 4.12. The van der Waals surface area contributed by atoms with Crippen LogP contribution in [0, 0.1) is 10.1 Å². The second-order valence-electron chi connectivity index (χ2n) is 6.11. The maximum atomic E-state index is 12.2. The molecule has 0 spiro atoms. The molecule has 8 heteroatoms. The number of carbonyl (C=O) groups excluding carboxylic acids is 2. The first-order valence-electron chi connectivity index (χ1n) is 8.83. The lowest BCUT2D eigenvalue weighted by Gasteiger charge is -2.07.